The third kappa shape index (κ3) is 4.94. The van der Waals surface area contributed by atoms with Crippen LogP contribution in [0, 0.1) is 5.92 Å². The second kappa shape index (κ2) is 8.11. The summed E-state index contributed by atoms with van der Waals surface area (Å²) in [5.41, 5.74) is 0. The third-order valence-corrected chi connectivity index (χ3v) is 5.01. The van der Waals surface area contributed by atoms with Gasteiger partial charge in [0.2, 0.25) is 5.91 Å². The minimum absolute atomic E-state index is 0.230. The minimum Gasteiger partial charge on any atom is -0.383 e. The smallest absolute Gasteiger partial charge is 0.219 e. The summed E-state index contributed by atoms with van der Waals surface area (Å²) in [5.74, 6) is 0.993. The number of rotatable bonds is 5. The molecule has 2 aliphatic rings. The number of likely N-dealkylation sites (tertiary alicyclic amines) is 1. The predicted molar refractivity (Wildman–Crippen MR) is 84.3 cm³/mol. The number of hydrogen-bond acceptors (Lipinski definition) is 4. The molecular weight excluding hydrogens is 266 g/mol. The first-order valence-corrected chi connectivity index (χ1v) is 8.31. The Bertz CT molecular complexity index is 329. The molecule has 1 unspecified atom stereocenters. The summed E-state index contributed by atoms with van der Waals surface area (Å²) >= 11 is 0. The highest BCUT2D eigenvalue weighted by Gasteiger charge is 2.27. The quantitative estimate of drug-likeness (QED) is 0.755. The number of ether oxygens (including phenoxy) is 1. The average Bonchev–Trinajstić information content (AvgIpc) is 2.47. The molecule has 2 saturated heterocycles. The molecule has 2 rings (SSSR count). The first kappa shape index (κ1) is 16.7. The Morgan fingerprint density at radius 3 is 2.48 bits per heavy atom. The maximum Gasteiger partial charge on any atom is 0.219 e. The van der Waals surface area contributed by atoms with Gasteiger partial charge in [0, 0.05) is 65.9 Å². The van der Waals surface area contributed by atoms with E-state index in [1.807, 2.05) is 4.90 Å². The topological polar surface area (TPSA) is 36.0 Å². The van der Waals surface area contributed by atoms with Gasteiger partial charge >= 0.3 is 0 Å². The molecule has 21 heavy (non-hydrogen) atoms. The third-order valence-electron chi connectivity index (χ3n) is 5.01. The molecule has 0 aliphatic carbocycles. The fourth-order valence-corrected chi connectivity index (χ4v) is 3.57. The van der Waals surface area contributed by atoms with Crippen molar-refractivity contribution in [1.82, 2.24) is 14.7 Å². The number of piperazine rings is 1. The molecule has 0 bridgehead atoms. The van der Waals surface area contributed by atoms with Crippen molar-refractivity contribution in [1.29, 1.82) is 0 Å². The van der Waals surface area contributed by atoms with Crippen molar-refractivity contribution in [3.63, 3.8) is 0 Å². The Morgan fingerprint density at radius 1 is 1.19 bits per heavy atom. The molecule has 0 saturated carbocycles. The van der Waals surface area contributed by atoms with E-state index < -0.39 is 0 Å². The highest BCUT2D eigenvalue weighted by atomic mass is 16.5. The summed E-state index contributed by atoms with van der Waals surface area (Å²) in [6, 6.07) is 0.617. The van der Waals surface area contributed by atoms with E-state index in [1.54, 1.807) is 14.0 Å². The van der Waals surface area contributed by atoms with Gasteiger partial charge in [-0.1, -0.05) is 0 Å². The number of piperidine rings is 1. The van der Waals surface area contributed by atoms with Crippen molar-refractivity contribution in [3.8, 4) is 0 Å². The van der Waals surface area contributed by atoms with Gasteiger partial charge in [-0.2, -0.15) is 0 Å². The van der Waals surface area contributed by atoms with Crippen molar-refractivity contribution in [2.45, 2.75) is 32.7 Å². The first-order chi connectivity index (χ1) is 10.1. The molecule has 5 nitrogen and oxygen atoms in total. The molecule has 122 valence electrons. The lowest BCUT2D eigenvalue weighted by Crippen LogP contribution is -2.54. The second-order valence-corrected chi connectivity index (χ2v) is 6.59. The normalized spacial score (nSPS) is 26.2. The van der Waals surface area contributed by atoms with Crippen molar-refractivity contribution in [3.05, 3.63) is 0 Å². The zero-order chi connectivity index (χ0) is 15.2. The highest BCUT2D eigenvalue weighted by Crippen LogP contribution is 2.20. The Morgan fingerprint density at radius 2 is 1.90 bits per heavy atom. The van der Waals surface area contributed by atoms with E-state index in [2.05, 4.69) is 16.7 Å². The highest BCUT2D eigenvalue weighted by molar-refractivity contribution is 5.73. The number of carbonyl (C=O) groups is 1. The minimum atomic E-state index is 0.230. The van der Waals surface area contributed by atoms with E-state index in [0.29, 0.717) is 6.04 Å². The fraction of sp³-hybridized carbons (Fsp3) is 0.938. The van der Waals surface area contributed by atoms with E-state index >= 15 is 0 Å². The Labute approximate surface area is 129 Å². The lowest BCUT2D eigenvalue weighted by atomic mass is 9.95. The Balaban J connectivity index is 1.70. The van der Waals surface area contributed by atoms with Crippen LogP contribution in [-0.2, 0) is 9.53 Å². The predicted octanol–water partition coefficient (Wildman–Crippen LogP) is 0.897. The van der Waals surface area contributed by atoms with Crippen LogP contribution < -0.4 is 0 Å². The van der Waals surface area contributed by atoms with E-state index in [1.165, 1.54) is 13.1 Å². The summed E-state index contributed by atoms with van der Waals surface area (Å²) in [6.07, 6.45) is 2.33. The van der Waals surface area contributed by atoms with Crippen LogP contribution in [0.4, 0.5) is 0 Å². The number of carbonyl (C=O) groups excluding carboxylic acids is 1. The Hall–Kier alpha value is -0.650. The number of amides is 1. The number of nitrogens with zero attached hydrogens (tertiary/aromatic N) is 3. The van der Waals surface area contributed by atoms with Gasteiger partial charge in [-0.15, -0.1) is 0 Å². The van der Waals surface area contributed by atoms with Crippen molar-refractivity contribution >= 4 is 5.91 Å². The lowest BCUT2D eigenvalue weighted by molar-refractivity contribution is -0.130. The van der Waals surface area contributed by atoms with Gasteiger partial charge in [0.25, 0.3) is 0 Å². The molecule has 5 heteroatoms. The molecule has 1 amide bonds. The largest absolute Gasteiger partial charge is 0.383 e. The summed E-state index contributed by atoms with van der Waals surface area (Å²) in [4.78, 5) is 18.5. The average molecular weight is 297 g/mol. The van der Waals surface area contributed by atoms with E-state index in [9.17, 15) is 4.79 Å². The molecule has 2 fully saturated rings. The molecule has 2 heterocycles. The molecule has 2 aliphatic heterocycles. The van der Waals surface area contributed by atoms with Gasteiger partial charge in [0.05, 0.1) is 6.61 Å². The monoisotopic (exact) mass is 297 g/mol. The number of methoxy groups -OCH3 is 1. The van der Waals surface area contributed by atoms with Crippen LogP contribution in [0.1, 0.15) is 26.7 Å². The molecule has 0 spiro atoms. The van der Waals surface area contributed by atoms with E-state index in [0.717, 1.165) is 58.1 Å². The van der Waals surface area contributed by atoms with Gasteiger partial charge < -0.3 is 14.5 Å². The summed E-state index contributed by atoms with van der Waals surface area (Å²) in [7, 11) is 1.77. The standard InChI is InChI=1S/C16H31N3O2/c1-14-12-17(8-9-18(14)10-11-21-3)13-16-4-6-19(7-5-16)15(2)20/h14,16H,4-13H2,1-3H3. The van der Waals surface area contributed by atoms with Crippen LogP contribution in [0.5, 0.6) is 0 Å². The zero-order valence-electron chi connectivity index (χ0n) is 13.9. The maximum atomic E-state index is 11.4. The summed E-state index contributed by atoms with van der Waals surface area (Å²) < 4.78 is 5.18. The maximum absolute atomic E-state index is 11.4. The van der Waals surface area contributed by atoms with Gasteiger partial charge in [0.15, 0.2) is 0 Å². The fourth-order valence-electron chi connectivity index (χ4n) is 3.57. The van der Waals surface area contributed by atoms with Crippen molar-refractivity contribution in [2.24, 2.45) is 5.92 Å². The van der Waals surface area contributed by atoms with Crippen LogP contribution in [0.25, 0.3) is 0 Å². The molecule has 0 aromatic carbocycles. The second-order valence-electron chi connectivity index (χ2n) is 6.59. The molecular formula is C16H31N3O2. The van der Waals surface area contributed by atoms with Crippen LogP contribution in [0.15, 0.2) is 0 Å². The zero-order valence-corrected chi connectivity index (χ0v) is 13.9. The SMILES string of the molecule is COCCN1CCN(CC2CCN(C(C)=O)CC2)CC1C. The van der Waals surface area contributed by atoms with Crippen molar-refractivity contribution < 1.29 is 9.53 Å². The van der Waals surface area contributed by atoms with Crippen molar-refractivity contribution in [2.75, 3.05) is 59.5 Å². The summed E-state index contributed by atoms with van der Waals surface area (Å²) in [6.45, 7) is 12.5. The van der Waals surface area contributed by atoms with Gasteiger partial charge in [-0.3, -0.25) is 9.69 Å². The number of hydrogen-bond donors (Lipinski definition) is 0. The molecule has 0 N–H and O–H groups in total. The van der Waals surface area contributed by atoms with Crippen LogP contribution in [0.3, 0.4) is 0 Å². The van der Waals surface area contributed by atoms with Crippen LogP contribution in [-0.4, -0.2) is 86.2 Å². The van der Waals surface area contributed by atoms with Gasteiger partial charge in [0.1, 0.15) is 0 Å². The van der Waals surface area contributed by atoms with E-state index in [-0.39, 0.29) is 5.91 Å². The van der Waals surface area contributed by atoms with Gasteiger partial charge in [-0.25, -0.2) is 0 Å². The first-order valence-electron chi connectivity index (χ1n) is 8.31. The Kier molecular flexibility index (Phi) is 6.45. The summed E-state index contributed by atoms with van der Waals surface area (Å²) in [5, 5.41) is 0. The van der Waals surface area contributed by atoms with Crippen LogP contribution in [0.2, 0.25) is 0 Å². The van der Waals surface area contributed by atoms with Crippen LogP contribution >= 0.6 is 0 Å². The lowest BCUT2D eigenvalue weighted by Gasteiger charge is -2.42. The van der Waals surface area contributed by atoms with E-state index in [4.69, 9.17) is 4.74 Å². The molecule has 0 radical (unpaired) electrons. The molecule has 0 aromatic heterocycles. The molecule has 0 aromatic rings. The molecule has 1 atom stereocenters. The van der Waals surface area contributed by atoms with Gasteiger partial charge in [-0.05, 0) is 25.7 Å².